The zero-order valence-electron chi connectivity index (χ0n) is 17.5. The van der Waals surface area contributed by atoms with Gasteiger partial charge in [-0.3, -0.25) is 14.7 Å². The van der Waals surface area contributed by atoms with Gasteiger partial charge in [-0.05, 0) is 26.2 Å². The molecule has 8 nitrogen and oxygen atoms in total. The van der Waals surface area contributed by atoms with Crippen molar-refractivity contribution in [1.29, 1.82) is 0 Å². The number of aliphatic imine (C=N–C) groups is 1. The molecular weight excluding hydrogens is 473 g/mol. The highest BCUT2D eigenvalue weighted by molar-refractivity contribution is 14.0. The number of nitrogens with one attached hydrogen (secondary N) is 2. The van der Waals surface area contributed by atoms with E-state index in [4.69, 9.17) is 9.47 Å². The minimum Gasteiger partial charge on any atom is -0.379 e. The van der Waals surface area contributed by atoms with Crippen molar-refractivity contribution in [3.05, 3.63) is 0 Å². The van der Waals surface area contributed by atoms with E-state index in [9.17, 15) is 4.79 Å². The number of halogens is 1. The van der Waals surface area contributed by atoms with Crippen molar-refractivity contribution in [3.63, 3.8) is 0 Å². The Hall–Kier alpha value is -0.650. The Morgan fingerprint density at radius 2 is 2.04 bits per heavy atom. The standard InChI is InChI=1S/C19H37N5O3.HI/c1-3-20-19(21-7-5-14-26-16-18-6-4-15-27-18)22-8-9-23-10-12-24(13-11-23)17(2)25;/h18H,3-16H2,1-2H3,(H2,20,21,22);1H. The molecule has 0 radical (unpaired) electrons. The first kappa shape index (κ1) is 25.4. The van der Waals surface area contributed by atoms with Gasteiger partial charge in [-0.15, -0.1) is 24.0 Å². The quantitative estimate of drug-likeness (QED) is 0.197. The van der Waals surface area contributed by atoms with Crippen LogP contribution < -0.4 is 10.6 Å². The van der Waals surface area contributed by atoms with Gasteiger partial charge in [0.25, 0.3) is 0 Å². The molecule has 28 heavy (non-hydrogen) atoms. The number of ether oxygens (including phenoxy) is 2. The highest BCUT2D eigenvalue weighted by Crippen LogP contribution is 2.11. The number of hydrogen-bond donors (Lipinski definition) is 2. The molecule has 2 fully saturated rings. The van der Waals surface area contributed by atoms with Crippen molar-refractivity contribution >= 4 is 35.8 Å². The van der Waals surface area contributed by atoms with Crippen LogP contribution in [0, 0.1) is 0 Å². The molecule has 2 aliphatic heterocycles. The first-order valence-corrected chi connectivity index (χ1v) is 10.4. The van der Waals surface area contributed by atoms with Crippen LogP contribution in [0.2, 0.25) is 0 Å². The van der Waals surface area contributed by atoms with Crippen LogP contribution in [0.5, 0.6) is 0 Å². The number of piperazine rings is 1. The molecule has 2 N–H and O–H groups in total. The minimum atomic E-state index is 0. The summed E-state index contributed by atoms with van der Waals surface area (Å²) in [6, 6.07) is 0. The average molecular weight is 511 g/mol. The van der Waals surface area contributed by atoms with Crippen molar-refractivity contribution in [2.24, 2.45) is 4.99 Å². The van der Waals surface area contributed by atoms with Crippen molar-refractivity contribution in [3.8, 4) is 0 Å². The Bertz CT molecular complexity index is 453. The van der Waals surface area contributed by atoms with Crippen molar-refractivity contribution < 1.29 is 14.3 Å². The molecule has 1 unspecified atom stereocenters. The Balaban J connectivity index is 0.00000392. The molecule has 0 aliphatic carbocycles. The van der Waals surface area contributed by atoms with Crippen LogP contribution in [-0.2, 0) is 14.3 Å². The maximum Gasteiger partial charge on any atom is 0.219 e. The number of guanidine groups is 1. The summed E-state index contributed by atoms with van der Waals surface area (Å²) in [6.07, 6.45) is 3.49. The van der Waals surface area contributed by atoms with Gasteiger partial charge in [0, 0.05) is 72.5 Å². The van der Waals surface area contributed by atoms with Gasteiger partial charge >= 0.3 is 0 Å². The number of carbonyl (C=O) groups is 1. The lowest BCUT2D eigenvalue weighted by molar-refractivity contribution is -0.130. The average Bonchev–Trinajstić information content (AvgIpc) is 3.18. The van der Waals surface area contributed by atoms with Gasteiger partial charge in [-0.2, -0.15) is 0 Å². The molecule has 0 aromatic rings. The molecule has 0 bridgehead atoms. The Labute approximate surface area is 186 Å². The highest BCUT2D eigenvalue weighted by atomic mass is 127. The molecule has 9 heteroatoms. The molecule has 0 spiro atoms. The van der Waals surface area contributed by atoms with E-state index >= 15 is 0 Å². The van der Waals surface area contributed by atoms with Gasteiger partial charge in [0.1, 0.15) is 0 Å². The third kappa shape index (κ3) is 10.2. The van der Waals surface area contributed by atoms with E-state index < -0.39 is 0 Å². The SMILES string of the molecule is CCNC(=NCCCOCC1CCCO1)NCCN1CCN(C(C)=O)CC1.I. The van der Waals surface area contributed by atoms with Gasteiger partial charge in [0.15, 0.2) is 5.96 Å². The number of amides is 1. The zero-order valence-corrected chi connectivity index (χ0v) is 19.8. The van der Waals surface area contributed by atoms with Crippen molar-refractivity contribution in [1.82, 2.24) is 20.4 Å². The monoisotopic (exact) mass is 511 g/mol. The smallest absolute Gasteiger partial charge is 0.219 e. The van der Waals surface area contributed by atoms with Crippen LogP contribution in [-0.4, -0.2) is 99.9 Å². The highest BCUT2D eigenvalue weighted by Gasteiger charge is 2.18. The summed E-state index contributed by atoms with van der Waals surface area (Å²) >= 11 is 0. The predicted molar refractivity (Wildman–Crippen MR) is 123 cm³/mol. The number of hydrogen-bond acceptors (Lipinski definition) is 5. The van der Waals surface area contributed by atoms with E-state index in [0.717, 1.165) is 90.8 Å². The van der Waals surface area contributed by atoms with E-state index in [0.29, 0.717) is 12.7 Å². The summed E-state index contributed by atoms with van der Waals surface area (Å²) < 4.78 is 11.2. The molecular formula is C19H38IN5O3. The molecule has 2 heterocycles. The molecule has 1 atom stereocenters. The Kier molecular flexibility index (Phi) is 13.8. The second kappa shape index (κ2) is 15.2. The second-order valence-electron chi connectivity index (χ2n) is 7.10. The van der Waals surface area contributed by atoms with Crippen LogP contribution in [0.15, 0.2) is 4.99 Å². The fourth-order valence-electron chi connectivity index (χ4n) is 3.31. The van der Waals surface area contributed by atoms with Crippen molar-refractivity contribution in [2.45, 2.75) is 39.2 Å². The van der Waals surface area contributed by atoms with Gasteiger partial charge in [0.2, 0.25) is 5.91 Å². The lowest BCUT2D eigenvalue weighted by Gasteiger charge is -2.34. The molecule has 2 aliphatic rings. The summed E-state index contributed by atoms with van der Waals surface area (Å²) in [4.78, 5) is 20.3. The van der Waals surface area contributed by atoms with Gasteiger partial charge in [-0.25, -0.2) is 0 Å². The molecule has 1 amide bonds. The van der Waals surface area contributed by atoms with Gasteiger partial charge in [-0.1, -0.05) is 0 Å². The topological polar surface area (TPSA) is 78.4 Å². The van der Waals surface area contributed by atoms with Crippen LogP contribution in [0.25, 0.3) is 0 Å². The maximum atomic E-state index is 11.4. The largest absolute Gasteiger partial charge is 0.379 e. The lowest BCUT2D eigenvalue weighted by atomic mass is 10.2. The summed E-state index contributed by atoms with van der Waals surface area (Å²) in [5, 5.41) is 6.68. The Morgan fingerprint density at radius 1 is 1.25 bits per heavy atom. The Morgan fingerprint density at radius 3 is 2.68 bits per heavy atom. The molecule has 164 valence electrons. The number of nitrogens with zero attached hydrogens (tertiary/aromatic N) is 3. The summed E-state index contributed by atoms with van der Waals surface area (Å²) in [5.74, 6) is 1.04. The van der Waals surface area contributed by atoms with Crippen molar-refractivity contribution in [2.75, 3.05) is 72.2 Å². The second-order valence-corrected chi connectivity index (χ2v) is 7.10. The molecule has 2 saturated heterocycles. The fraction of sp³-hybridized carbons (Fsp3) is 0.895. The summed E-state index contributed by atoms with van der Waals surface area (Å²) in [6.45, 7) is 13.0. The summed E-state index contributed by atoms with van der Waals surface area (Å²) in [5.41, 5.74) is 0. The van der Waals surface area contributed by atoms with E-state index in [1.807, 2.05) is 4.90 Å². The van der Waals surface area contributed by atoms with Gasteiger partial charge in [0.05, 0.1) is 12.7 Å². The van der Waals surface area contributed by atoms with Crippen LogP contribution in [0.3, 0.4) is 0 Å². The van der Waals surface area contributed by atoms with E-state index in [2.05, 4.69) is 27.4 Å². The first-order chi connectivity index (χ1) is 13.2. The normalized spacial score (nSPS) is 20.7. The van der Waals surface area contributed by atoms with E-state index in [-0.39, 0.29) is 29.9 Å². The molecule has 2 rings (SSSR count). The van der Waals surface area contributed by atoms with E-state index in [1.54, 1.807) is 6.92 Å². The fourth-order valence-corrected chi connectivity index (χ4v) is 3.31. The zero-order chi connectivity index (χ0) is 19.3. The predicted octanol–water partition coefficient (Wildman–Crippen LogP) is 0.909. The first-order valence-electron chi connectivity index (χ1n) is 10.4. The maximum absolute atomic E-state index is 11.4. The van der Waals surface area contributed by atoms with Crippen LogP contribution in [0.1, 0.15) is 33.1 Å². The number of rotatable bonds is 10. The number of carbonyl (C=O) groups excluding carboxylic acids is 1. The summed E-state index contributed by atoms with van der Waals surface area (Å²) in [7, 11) is 0. The van der Waals surface area contributed by atoms with Gasteiger partial charge < -0.3 is 25.0 Å². The third-order valence-corrected chi connectivity index (χ3v) is 4.93. The third-order valence-electron chi connectivity index (χ3n) is 4.93. The van der Waals surface area contributed by atoms with Crippen LogP contribution in [0.4, 0.5) is 0 Å². The van der Waals surface area contributed by atoms with Crippen LogP contribution >= 0.6 is 24.0 Å². The lowest BCUT2D eigenvalue weighted by Crippen LogP contribution is -2.50. The van der Waals surface area contributed by atoms with E-state index in [1.165, 1.54) is 0 Å². The molecule has 0 aromatic carbocycles. The minimum absolute atomic E-state index is 0. The molecule has 0 aromatic heterocycles. The molecule has 0 saturated carbocycles.